The van der Waals surface area contributed by atoms with E-state index in [0.29, 0.717) is 13.1 Å². The number of aromatic nitrogens is 2. The normalized spacial score (nSPS) is 16.8. The fraction of sp³-hybridized carbons (Fsp3) is 0.471. The van der Waals surface area contributed by atoms with Gasteiger partial charge >= 0.3 is 6.03 Å². The van der Waals surface area contributed by atoms with Crippen molar-refractivity contribution < 1.29 is 9.59 Å². The molecule has 7 nitrogen and oxygen atoms in total. The number of piperazine rings is 1. The Balaban J connectivity index is 1.76. The van der Waals surface area contributed by atoms with Crippen LogP contribution < -0.4 is 5.32 Å². The molecule has 1 fully saturated rings. The Morgan fingerprint density at radius 1 is 1.29 bits per heavy atom. The summed E-state index contributed by atoms with van der Waals surface area (Å²) in [7, 11) is 1.75. The molecular formula is C17H23N5O2. The van der Waals surface area contributed by atoms with E-state index in [-0.39, 0.29) is 30.4 Å². The molecule has 0 unspecified atom stereocenters. The summed E-state index contributed by atoms with van der Waals surface area (Å²) in [6.07, 6.45) is 0. The van der Waals surface area contributed by atoms with Gasteiger partial charge in [-0.15, -0.1) is 0 Å². The molecule has 1 saturated heterocycles. The first-order valence-electron chi connectivity index (χ1n) is 8.19. The molecule has 0 bridgehead atoms. The SMILES string of the molecule is CC(C)[C@H](NC(=O)N1CCN(C)C(=O)C1)c1nc2ccccc2[nH]1. The third-order valence-electron chi connectivity index (χ3n) is 4.39. The van der Waals surface area contributed by atoms with E-state index in [9.17, 15) is 9.59 Å². The van der Waals surface area contributed by atoms with Crippen LogP contribution in [0.3, 0.4) is 0 Å². The number of carbonyl (C=O) groups is 2. The van der Waals surface area contributed by atoms with E-state index >= 15 is 0 Å². The maximum Gasteiger partial charge on any atom is 0.318 e. The van der Waals surface area contributed by atoms with Gasteiger partial charge in [-0.1, -0.05) is 26.0 Å². The van der Waals surface area contributed by atoms with Gasteiger partial charge in [-0.3, -0.25) is 4.79 Å². The van der Waals surface area contributed by atoms with E-state index in [0.717, 1.165) is 16.9 Å². The number of likely N-dealkylation sites (N-methyl/N-ethyl adjacent to an activating group) is 1. The number of imidazole rings is 1. The number of amides is 3. The number of hydrogen-bond acceptors (Lipinski definition) is 3. The molecule has 0 spiro atoms. The number of nitrogens with zero attached hydrogens (tertiary/aromatic N) is 3. The number of urea groups is 1. The van der Waals surface area contributed by atoms with Gasteiger partial charge < -0.3 is 20.1 Å². The second-order valence-electron chi connectivity index (χ2n) is 6.55. The van der Waals surface area contributed by atoms with Crippen LogP contribution in [-0.2, 0) is 4.79 Å². The van der Waals surface area contributed by atoms with Crippen LogP contribution in [0, 0.1) is 5.92 Å². The molecule has 128 valence electrons. The van der Waals surface area contributed by atoms with E-state index in [1.54, 1.807) is 16.8 Å². The van der Waals surface area contributed by atoms with Crippen molar-refractivity contribution in [2.75, 3.05) is 26.7 Å². The van der Waals surface area contributed by atoms with Crippen LogP contribution in [0.5, 0.6) is 0 Å². The minimum absolute atomic E-state index is 0.0405. The third-order valence-corrected chi connectivity index (χ3v) is 4.39. The van der Waals surface area contributed by atoms with E-state index in [4.69, 9.17) is 0 Å². The standard InChI is InChI=1S/C17H23N5O2/c1-11(2)15(16-18-12-6-4-5-7-13(12)19-16)20-17(24)22-9-8-21(3)14(23)10-22/h4-7,11,15H,8-10H2,1-3H3,(H,18,19)(H,20,24)/t15-/m0/s1. The van der Waals surface area contributed by atoms with Crippen molar-refractivity contribution >= 4 is 23.0 Å². The van der Waals surface area contributed by atoms with Crippen molar-refractivity contribution in [2.24, 2.45) is 5.92 Å². The number of fused-ring (bicyclic) bond motifs is 1. The maximum atomic E-state index is 12.6. The number of para-hydroxylation sites is 2. The van der Waals surface area contributed by atoms with Gasteiger partial charge in [0.25, 0.3) is 0 Å². The summed E-state index contributed by atoms with van der Waals surface area (Å²) in [6.45, 7) is 5.29. The molecule has 3 rings (SSSR count). The van der Waals surface area contributed by atoms with Crippen LogP contribution in [0.25, 0.3) is 11.0 Å². The minimum atomic E-state index is -0.236. The number of benzene rings is 1. The van der Waals surface area contributed by atoms with Crippen molar-refractivity contribution in [3.8, 4) is 0 Å². The molecular weight excluding hydrogens is 306 g/mol. The van der Waals surface area contributed by atoms with Crippen molar-refractivity contribution in [1.29, 1.82) is 0 Å². The number of aromatic amines is 1. The molecule has 24 heavy (non-hydrogen) atoms. The van der Waals surface area contributed by atoms with Gasteiger partial charge in [0, 0.05) is 20.1 Å². The van der Waals surface area contributed by atoms with Crippen molar-refractivity contribution in [1.82, 2.24) is 25.1 Å². The summed E-state index contributed by atoms with van der Waals surface area (Å²) in [5.41, 5.74) is 1.82. The molecule has 0 radical (unpaired) electrons. The molecule has 0 aliphatic carbocycles. The van der Waals surface area contributed by atoms with Crippen LogP contribution in [0.1, 0.15) is 25.7 Å². The van der Waals surface area contributed by atoms with Gasteiger partial charge in [0.15, 0.2) is 0 Å². The Labute approximate surface area is 141 Å². The smallest absolute Gasteiger partial charge is 0.318 e. The fourth-order valence-corrected chi connectivity index (χ4v) is 2.83. The molecule has 3 amide bonds. The average molecular weight is 329 g/mol. The highest BCUT2D eigenvalue weighted by Crippen LogP contribution is 2.22. The van der Waals surface area contributed by atoms with Crippen molar-refractivity contribution in [3.05, 3.63) is 30.1 Å². The van der Waals surface area contributed by atoms with Gasteiger partial charge in [0.1, 0.15) is 12.4 Å². The summed E-state index contributed by atoms with van der Waals surface area (Å²) < 4.78 is 0. The van der Waals surface area contributed by atoms with E-state index < -0.39 is 0 Å². The topological polar surface area (TPSA) is 81.3 Å². The van der Waals surface area contributed by atoms with E-state index in [1.807, 2.05) is 38.1 Å². The van der Waals surface area contributed by atoms with Crippen LogP contribution in [-0.4, -0.2) is 58.4 Å². The quantitative estimate of drug-likeness (QED) is 0.900. The molecule has 0 saturated carbocycles. The Morgan fingerprint density at radius 2 is 2.04 bits per heavy atom. The number of H-pyrrole nitrogens is 1. The molecule has 2 aromatic rings. The lowest BCUT2D eigenvalue weighted by Crippen LogP contribution is -2.54. The molecule has 1 aliphatic heterocycles. The summed E-state index contributed by atoms with van der Waals surface area (Å²) >= 11 is 0. The van der Waals surface area contributed by atoms with Gasteiger partial charge in [0.05, 0.1) is 17.1 Å². The number of nitrogens with one attached hydrogen (secondary N) is 2. The second kappa shape index (κ2) is 6.51. The Kier molecular flexibility index (Phi) is 4.42. The third kappa shape index (κ3) is 3.20. The van der Waals surface area contributed by atoms with Crippen molar-refractivity contribution in [2.45, 2.75) is 19.9 Å². The highest BCUT2D eigenvalue weighted by Gasteiger charge is 2.28. The molecule has 2 heterocycles. The lowest BCUT2D eigenvalue weighted by molar-refractivity contribution is -0.133. The lowest BCUT2D eigenvalue weighted by atomic mass is 10.0. The molecule has 1 atom stereocenters. The van der Waals surface area contributed by atoms with Gasteiger partial charge in [-0.2, -0.15) is 0 Å². The average Bonchev–Trinajstić information content (AvgIpc) is 2.98. The Morgan fingerprint density at radius 3 is 2.71 bits per heavy atom. The first kappa shape index (κ1) is 16.3. The summed E-state index contributed by atoms with van der Waals surface area (Å²) in [6, 6.07) is 7.32. The molecule has 1 aromatic carbocycles. The van der Waals surface area contributed by atoms with Crippen LogP contribution >= 0.6 is 0 Å². The summed E-state index contributed by atoms with van der Waals surface area (Å²) in [5.74, 6) is 0.860. The molecule has 1 aliphatic rings. The maximum absolute atomic E-state index is 12.6. The number of carbonyl (C=O) groups excluding carboxylic acids is 2. The first-order valence-corrected chi connectivity index (χ1v) is 8.19. The number of hydrogen-bond donors (Lipinski definition) is 2. The predicted octanol–water partition coefficient (Wildman–Crippen LogP) is 1.74. The first-order chi connectivity index (χ1) is 11.5. The molecule has 7 heteroatoms. The minimum Gasteiger partial charge on any atom is -0.342 e. The zero-order chi connectivity index (χ0) is 17.3. The van der Waals surface area contributed by atoms with Gasteiger partial charge in [-0.25, -0.2) is 9.78 Å². The highest BCUT2D eigenvalue weighted by atomic mass is 16.2. The molecule has 2 N–H and O–H groups in total. The van der Waals surface area contributed by atoms with Crippen LogP contribution in [0.4, 0.5) is 4.79 Å². The van der Waals surface area contributed by atoms with Crippen molar-refractivity contribution in [3.63, 3.8) is 0 Å². The second-order valence-corrected chi connectivity index (χ2v) is 6.55. The van der Waals surface area contributed by atoms with E-state index in [1.165, 1.54) is 0 Å². The van der Waals surface area contributed by atoms with Gasteiger partial charge in [0.2, 0.25) is 5.91 Å². The summed E-state index contributed by atoms with van der Waals surface area (Å²) in [5, 5.41) is 3.02. The molecule has 1 aromatic heterocycles. The largest absolute Gasteiger partial charge is 0.342 e. The summed E-state index contributed by atoms with van der Waals surface area (Å²) in [4.78, 5) is 35.4. The number of rotatable bonds is 3. The lowest BCUT2D eigenvalue weighted by Gasteiger charge is -2.33. The monoisotopic (exact) mass is 329 g/mol. The Hall–Kier alpha value is -2.57. The Bertz CT molecular complexity index is 721. The van der Waals surface area contributed by atoms with Crippen LogP contribution in [0.15, 0.2) is 24.3 Å². The fourth-order valence-electron chi connectivity index (χ4n) is 2.83. The van der Waals surface area contributed by atoms with Gasteiger partial charge in [-0.05, 0) is 18.1 Å². The predicted molar refractivity (Wildman–Crippen MR) is 91.4 cm³/mol. The zero-order valence-corrected chi connectivity index (χ0v) is 14.2. The highest BCUT2D eigenvalue weighted by molar-refractivity contribution is 5.85. The zero-order valence-electron chi connectivity index (χ0n) is 14.2. The van der Waals surface area contributed by atoms with Crippen LogP contribution in [0.2, 0.25) is 0 Å². The van der Waals surface area contributed by atoms with E-state index in [2.05, 4.69) is 15.3 Å².